The molecule has 4 atom stereocenters. The molecular formula is C13H22O5. The van der Waals surface area contributed by atoms with Crippen molar-refractivity contribution in [3.8, 4) is 0 Å². The molecule has 0 aliphatic carbocycles. The molecule has 18 heavy (non-hydrogen) atoms. The number of fused-ring (bicyclic) bond motifs is 1. The summed E-state index contributed by atoms with van der Waals surface area (Å²) < 4.78 is 23.2. The quantitative estimate of drug-likeness (QED) is 0.707. The highest BCUT2D eigenvalue weighted by Crippen LogP contribution is 2.41. The summed E-state index contributed by atoms with van der Waals surface area (Å²) in [6.07, 6.45) is 2.38. The lowest BCUT2D eigenvalue weighted by Crippen LogP contribution is -2.63. The largest absolute Gasteiger partial charge is 0.390 e. The van der Waals surface area contributed by atoms with Gasteiger partial charge in [-0.15, -0.1) is 0 Å². The average Bonchev–Trinajstić information content (AvgIpc) is 2.31. The lowest BCUT2D eigenvalue weighted by atomic mass is 9.90. The van der Waals surface area contributed by atoms with E-state index in [4.69, 9.17) is 18.9 Å². The Bertz CT molecular complexity index is 311. The van der Waals surface area contributed by atoms with Gasteiger partial charge in [0.1, 0.15) is 12.2 Å². The fraction of sp³-hybridized carbons (Fsp3) is 1.00. The summed E-state index contributed by atoms with van der Waals surface area (Å²) in [6.45, 7) is 4.87. The van der Waals surface area contributed by atoms with E-state index in [0.717, 1.165) is 19.3 Å². The molecule has 1 spiro atoms. The van der Waals surface area contributed by atoms with Gasteiger partial charge in [0.15, 0.2) is 11.6 Å². The second-order valence-electron chi connectivity index (χ2n) is 5.94. The highest BCUT2D eigenvalue weighted by Gasteiger charge is 2.52. The number of rotatable bonds is 0. The smallest absolute Gasteiger partial charge is 0.171 e. The van der Waals surface area contributed by atoms with Gasteiger partial charge in [0, 0.05) is 12.8 Å². The van der Waals surface area contributed by atoms with Crippen molar-refractivity contribution in [2.24, 2.45) is 0 Å². The molecule has 0 bridgehead atoms. The molecule has 3 heterocycles. The molecule has 0 amide bonds. The second kappa shape index (κ2) is 4.42. The molecule has 3 rings (SSSR count). The van der Waals surface area contributed by atoms with E-state index in [-0.39, 0.29) is 12.2 Å². The third kappa shape index (κ3) is 2.30. The van der Waals surface area contributed by atoms with Crippen LogP contribution in [0, 0.1) is 0 Å². The minimum Gasteiger partial charge on any atom is -0.390 e. The van der Waals surface area contributed by atoms with Gasteiger partial charge in [0.2, 0.25) is 0 Å². The van der Waals surface area contributed by atoms with E-state index in [1.54, 1.807) is 0 Å². The third-order valence-corrected chi connectivity index (χ3v) is 3.96. The standard InChI is InChI=1S/C13H22O5/c1-12(2)16-8-10-11(18-12)9(14)7-13(17-10)5-3-4-6-15-13/h9-11,14H,3-8H2,1-2H3/t9-,10?,11?,13+/m1/s1. The fourth-order valence-electron chi connectivity index (χ4n) is 3.08. The first-order valence-corrected chi connectivity index (χ1v) is 6.81. The van der Waals surface area contributed by atoms with Gasteiger partial charge in [0.05, 0.1) is 19.3 Å². The predicted molar refractivity (Wildman–Crippen MR) is 62.9 cm³/mol. The number of ether oxygens (including phenoxy) is 4. The van der Waals surface area contributed by atoms with Gasteiger partial charge in [-0.05, 0) is 26.7 Å². The summed E-state index contributed by atoms with van der Waals surface area (Å²) in [5.41, 5.74) is 0. The van der Waals surface area contributed by atoms with Crippen molar-refractivity contribution in [2.75, 3.05) is 13.2 Å². The highest BCUT2D eigenvalue weighted by molar-refractivity contribution is 4.94. The summed E-state index contributed by atoms with van der Waals surface area (Å²) >= 11 is 0. The topological polar surface area (TPSA) is 57.2 Å². The van der Waals surface area contributed by atoms with Gasteiger partial charge < -0.3 is 24.1 Å². The van der Waals surface area contributed by atoms with Crippen LogP contribution in [0.5, 0.6) is 0 Å². The summed E-state index contributed by atoms with van der Waals surface area (Å²) in [5.74, 6) is -1.27. The molecule has 3 aliphatic rings. The van der Waals surface area contributed by atoms with Crippen molar-refractivity contribution < 1.29 is 24.1 Å². The maximum Gasteiger partial charge on any atom is 0.171 e. The molecule has 3 aliphatic heterocycles. The Morgan fingerprint density at radius 3 is 2.67 bits per heavy atom. The lowest BCUT2D eigenvalue weighted by Gasteiger charge is -2.52. The number of hydrogen-bond donors (Lipinski definition) is 1. The van der Waals surface area contributed by atoms with Gasteiger partial charge in [-0.25, -0.2) is 0 Å². The maximum atomic E-state index is 10.3. The second-order valence-corrected chi connectivity index (χ2v) is 5.94. The molecule has 5 nitrogen and oxygen atoms in total. The molecule has 104 valence electrons. The van der Waals surface area contributed by atoms with Crippen LogP contribution in [-0.2, 0) is 18.9 Å². The molecule has 0 aromatic carbocycles. The Labute approximate surface area is 107 Å². The maximum absolute atomic E-state index is 10.3. The Morgan fingerprint density at radius 2 is 1.94 bits per heavy atom. The zero-order chi connectivity index (χ0) is 12.8. The molecule has 0 saturated carbocycles. The average molecular weight is 258 g/mol. The number of aliphatic hydroxyl groups is 1. The summed E-state index contributed by atoms with van der Waals surface area (Å²) in [6, 6.07) is 0. The highest BCUT2D eigenvalue weighted by atomic mass is 16.8. The molecular weight excluding hydrogens is 236 g/mol. The van der Waals surface area contributed by atoms with Crippen LogP contribution in [-0.4, -0.2) is 48.2 Å². The zero-order valence-electron chi connectivity index (χ0n) is 11.1. The predicted octanol–water partition coefficient (Wildman–Crippen LogP) is 1.18. The Kier molecular flexibility index (Phi) is 3.15. The van der Waals surface area contributed by atoms with Crippen molar-refractivity contribution in [1.82, 2.24) is 0 Å². The van der Waals surface area contributed by atoms with Crippen molar-refractivity contribution >= 4 is 0 Å². The van der Waals surface area contributed by atoms with Crippen LogP contribution >= 0.6 is 0 Å². The number of aliphatic hydroxyl groups excluding tert-OH is 1. The van der Waals surface area contributed by atoms with Crippen molar-refractivity contribution in [2.45, 2.75) is 69.4 Å². The van der Waals surface area contributed by atoms with Crippen LogP contribution in [0.25, 0.3) is 0 Å². The molecule has 5 heteroatoms. The zero-order valence-corrected chi connectivity index (χ0v) is 11.1. The van der Waals surface area contributed by atoms with Gasteiger partial charge in [0.25, 0.3) is 0 Å². The first-order chi connectivity index (χ1) is 8.50. The monoisotopic (exact) mass is 258 g/mol. The normalized spacial score (nSPS) is 47.8. The lowest BCUT2D eigenvalue weighted by molar-refractivity contribution is -0.396. The molecule has 0 aromatic rings. The van der Waals surface area contributed by atoms with E-state index in [1.807, 2.05) is 13.8 Å². The molecule has 0 radical (unpaired) electrons. The van der Waals surface area contributed by atoms with Crippen LogP contribution in [0.3, 0.4) is 0 Å². The van der Waals surface area contributed by atoms with Crippen LogP contribution in [0.2, 0.25) is 0 Å². The molecule has 0 aromatic heterocycles. The van der Waals surface area contributed by atoms with E-state index in [9.17, 15) is 5.11 Å². The van der Waals surface area contributed by atoms with E-state index >= 15 is 0 Å². The van der Waals surface area contributed by atoms with Gasteiger partial charge in [-0.2, -0.15) is 0 Å². The molecule has 3 fully saturated rings. The van der Waals surface area contributed by atoms with E-state index < -0.39 is 17.7 Å². The van der Waals surface area contributed by atoms with E-state index in [0.29, 0.717) is 19.6 Å². The van der Waals surface area contributed by atoms with E-state index in [1.165, 1.54) is 0 Å². The van der Waals surface area contributed by atoms with Gasteiger partial charge >= 0.3 is 0 Å². The Morgan fingerprint density at radius 1 is 1.11 bits per heavy atom. The van der Waals surface area contributed by atoms with Crippen molar-refractivity contribution in [1.29, 1.82) is 0 Å². The summed E-state index contributed by atoms with van der Waals surface area (Å²) in [7, 11) is 0. The number of hydrogen-bond acceptors (Lipinski definition) is 5. The Hall–Kier alpha value is -0.200. The summed E-state index contributed by atoms with van der Waals surface area (Å²) in [5, 5.41) is 10.3. The van der Waals surface area contributed by atoms with Crippen LogP contribution < -0.4 is 0 Å². The van der Waals surface area contributed by atoms with Crippen LogP contribution in [0.15, 0.2) is 0 Å². The summed E-state index contributed by atoms with van der Waals surface area (Å²) in [4.78, 5) is 0. The van der Waals surface area contributed by atoms with Gasteiger partial charge in [-0.3, -0.25) is 0 Å². The minimum absolute atomic E-state index is 0.236. The van der Waals surface area contributed by atoms with E-state index in [2.05, 4.69) is 0 Å². The fourth-order valence-corrected chi connectivity index (χ4v) is 3.08. The molecule has 1 N–H and O–H groups in total. The van der Waals surface area contributed by atoms with Crippen LogP contribution in [0.1, 0.15) is 39.5 Å². The molecule has 3 saturated heterocycles. The Balaban J connectivity index is 1.74. The van der Waals surface area contributed by atoms with Gasteiger partial charge in [-0.1, -0.05) is 0 Å². The molecule has 2 unspecified atom stereocenters. The first-order valence-electron chi connectivity index (χ1n) is 6.81. The van der Waals surface area contributed by atoms with Crippen LogP contribution in [0.4, 0.5) is 0 Å². The minimum atomic E-state index is -0.649. The van der Waals surface area contributed by atoms with Crippen molar-refractivity contribution in [3.63, 3.8) is 0 Å². The SMILES string of the molecule is CC1(C)OCC2O[C@@]3(CCCCO3)C[C@@H](O)C2O1. The third-order valence-electron chi connectivity index (χ3n) is 3.96. The first kappa shape index (κ1) is 12.8. The van der Waals surface area contributed by atoms with Crippen molar-refractivity contribution in [3.05, 3.63) is 0 Å².